The minimum Gasteiger partial charge on any atom is -0.444 e. The Hall–Kier alpha value is -1.81. The first-order valence-electron chi connectivity index (χ1n) is 10.6. The van der Waals surface area contributed by atoms with Crippen LogP contribution < -0.4 is 5.32 Å². The van der Waals surface area contributed by atoms with E-state index in [1.54, 1.807) is 25.7 Å². The Bertz CT molecular complexity index is 639. The van der Waals surface area contributed by atoms with E-state index in [-0.39, 0.29) is 17.9 Å². The van der Waals surface area contributed by atoms with Crippen molar-refractivity contribution >= 4 is 12.0 Å². The lowest BCUT2D eigenvalue weighted by atomic mass is 9.84. The summed E-state index contributed by atoms with van der Waals surface area (Å²) in [6.45, 7) is 5.35. The number of carbonyl (C=O) groups excluding carboxylic acids is 2. The number of hydrogen-bond acceptors (Lipinski definition) is 5. The van der Waals surface area contributed by atoms with E-state index in [9.17, 15) is 20.0 Å². The van der Waals surface area contributed by atoms with Crippen LogP contribution in [0.25, 0.3) is 0 Å². The first kappa shape index (κ1) is 20.9. The summed E-state index contributed by atoms with van der Waals surface area (Å²) >= 11 is 0. The lowest BCUT2D eigenvalue weighted by molar-refractivity contribution is -0.136. The quantitative estimate of drug-likeness (QED) is 0.770. The van der Waals surface area contributed by atoms with E-state index in [1.165, 1.54) is 0 Å². The van der Waals surface area contributed by atoms with Gasteiger partial charge in [-0.1, -0.05) is 19.3 Å². The van der Waals surface area contributed by atoms with Gasteiger partial charge >= 0.3 is 6.09 Å². The van der Waals surface area contributed by atoms with E-state index >= 15 is 0 Å². The molecule has 1 aliphatic heterocycles. The summed E-state index contributed by atoms with van der Waals surface area (Å²) in [5.41, 5.74) is -0.664. The SMILES string of the molecule is CC(C)(C)OC(=O)N[C@H](C(=O)N1[C@H](C#N)C[C@@H]2C[C@@H]21)C1CCCCCC(O)C1. The number of ether oxygens (including phenoxy) is 1. The number of hydrogen-bond donors (Lipinski definition) is 2. The monoisotopic (exact) mass is 391 g/mol. The van der Waals surface area contributed by atoms with Crippen molar-refractivity contribution in [2.75, 3.05) is 0 Å². The zero-order valence-corrected chi connectivity index (χ0v) is 17.2. The smallest absolute Gasteiger partial charge is 0.408 e. The summed E-state index contributed by atoms with van der Waals surface area (Å²) in [4.78, 5) is 27.7. The van der Waals surface area contributed by atoms with Crippen molar-refractivity contribution in [3.05, 3.63) is 0 Å². The summed E-state index contributed by atoms with van der Waals surface area (Å²) in [5, 5.41) is 22.6. The van der Waals surface area contributed by atoms with E-state index in [0.717, 1.165) is 44.9 Å². The van der Waals surface area contributed by atoms with Gasteiger partial charge in [-0.05, 0) is 64.7 Å². The summed E-state index contributed by atoms with van der Waals surface area (Å²) < 4.78 is 5.40. The Kier molecular flexibility index (Phi) is 6.18. The van der Waals surface area contributed by atoms with Crippen LogP contribution in [0.3, 0.4) is 0 Å². The number of alkyl carbamates (subject to hydrolysis) is 1. The van der Waals surface area contributed by atoms with Gasteiger partial charge in [-0.15, -0.1) is 0 Å². The number of piperidine rings is 1. The van der Waals surface area contributed by atoms with Gasteiger partial charge in [0.2, 0.25) is 5.91 Å². The van der Waals surface area contributed by atoms with Gasteiger partial charge in [-0.25, -0.2) is 4.79 Å². The zero-order chi connectivity index (χ0) is 20.5. The number of fused-ring (bicyclic) bond motifs is 1. The number of carbonyl (C=O) groups is 2. The topological polar surface area (TPSA) is 103 Å². The van der Waals surface area contributed by atoms with Crippen molar-refractivity contribution in [2.45, 2.75) is 102 Å². The number of nitrogens with zero attached hydrogens (tertiary/aromatic N) is 2. The molecule has 3 aliphatic rings. The van der Waals surface area contributed by atoms with Crippen molar-refractivity contribution in [2.24, 2.45) is 11.8 Å². The second-order valence-electron chi connectivity index (χ2n) is 9.60. The molecule has 0 aromatic carbocycles. The molecule has 7 nitrogen and oxygen atoms in total. The van der Waals surface area contributed by atoms with Gasteiger partial charge in [0, 0.05) is 6.04 Å². The van der Waals surface area contributed by atoms with Gasteiger partial charge in [0.25, 0.3) is 0 Å². The molecule has 1 saturated heterocycles. The Morgan fingerprint density at radius 2 is 1.89 bits per heavy atom. The van der Waals surface area contributed by atoms with E-state index in [1.807, 2.05) is 0 Å². The number of aliphatic hydroxyl groups is 1. The third-order valence-electron chi connectivity index (χ3n) is 6.10. The molecule has 3 rings (SSSR count). The molecule has 2 N–H and O–H groups in total. The molecule has 0 spiro atoms. The normalized spacial score (nSPS) is 33.7. The van der Waals surface area contributed by atoms with Crippen molar-refractivity contribution in [1.29, 1.82) is 5.26 Å². The molecule has 28 heavy (non-hydrogen) atoms. The minimum atomic E-state index is -0.766. The molecule has 156 valence electrons. The van der Waals surface area contributed by atoms with Gasteiger partial charge in [0.15, 0.2) is 0 Å². The molecule has 2 saturated carbocycles. The van der Waals surface area contributed by atoms with Crippen LogP contribution in [0.4, 0.5) is 4.79 Å². The molecular weight excluding hydrogens is 358 g/mol. The van der Waals surface area contributed by atoms with E-state index in [4.69, 9.17) is 4.74 Å². The minimum absolute atomic E-state index is 0.124. The Morgan fingerprint density at radius 3 is 2.57 bits per heavy atom. The van der Waals surface area contributed by atoms with Crippen LogP contribution in [-0.2, 0) is 9.53 Å². The van der Waals surface area contributed by atoms with Gasteiger partial charge in [0.1, 0.15) is 17.7 Å². The highest BCUT2D eigenvalue weighted by molar-refractivity contribution is 5.87. The third-order valence-corrected chi connectivity index (χ3v) is 6.10. The maximum Gasteiger partial charge on any atom is 0.408 e. The molecule has 0 radical (unpaired) electrons. The van der Waals surface area contributed by atoms with Crippen LogP contribution in [0.15, 0.2) is 0 Å². The maximum atomic E-state index is 13.5. The van der Waals surface area contributed by atoms with Crippen LogP contribution >= 0.6 is 0 Å². The summed E-state index contributed by atoms with van der Waals surface area (Å²) in [7, 11) is 0. The second kappa shape index (κ2) is 8.28. The molecule has 0 aromatic heterocycles. The van der Waals surface area contributed by atoms with Crippen LogP contribution in [-0.4, -0.2) is 51.8 Å². The second-order valence-corrected chi connectivity index (χ2v) is 9.60. The first-order valence-corrected chi connectivity index (χ1v) is 10.6. The summed E-state index contributed by atoms with van der Waals surface area (Å²) in [6, 6.07) is 1.19. The molecule has 1 heterocycles. The van der Waals surface area contributed by atoms with Crippen LogP contribution in [0.5, 0.6) is 0 Å². The third kappa shape index (κ3) is 4.96. The van der Waals surface area contributed by atoms with E-state index < -0.39 is 29.9 Å². The van der Waals surface area contributed by atoms with Crippen LogP contribution in [0.1, 0.15) is 72.1 Å². The highest BCUT2D eigenvalue weighted by Crippen LogP contribution is 2.48. The molecule has 2 unspecified atom stereocenters. The predicted molar refractivity (Wildman–Crippen MR) is 103 cm³/mol. The Morgan fingerprint density at radius 1 is 1.18 bits per heavy atom. The summed E-state index contributed by atoms with van der Waals surface area (Å²) in [5.74, 6) is 0.0614. The van der Waals surface area contributed by atoms with Gasteiger partial charge < -0.3 is 20.1 Å². The molecule has 0 aromatic rings. The van der Waals surface area contributed by atoms with Gasteiger partial charge in [0.05, 0.1) is 12.2 Å². The van der Waals surface area contributed by atoms with E-state index in [2.05, 4.69) is 11.4 Å². The van der Waals surface area contributed by atoms with Crippen molar-refractivity contribution in [3.63, 3.8) is 0 Å². The number of nitriles is 1. The maximum absolute atomic E-state index is 13.5. The number of rotatable bonds is 3. The Balaban J connectivity index is 1.79. The number of aliphatic hydroxyl groups excluding tert-OH is 1. The van der Waals surface area contributed by atoms with Gasteiger partial charge in [-0.3, -0.25) is 4.79 Å². The van der Waals surface area contributed by atoms with Crippen LogP contribution in [0.2, 0.25) is 0 Å². The number of amides is 2. The molecule has 0 bridgehead atoms. The highest BCUT2D eigenvalue weighted by atomic mass is 16.6. The van der Waals surface area contributed by atoms with Crippen molar-refractivity contribution in [3.8, 4) is 6.07 Å². The molecule has 7 heteroatoms. The van der Waals surface area contributed by atoms with Crippen molar-refractivity contribution < 1.29 is 19.4 Å². The summed E-state index contributed by atoms with van der Waals surface area (Å²) in [6.07, 6.45) is 5.49. The molecule has 6 atom stereocenters. The average Bonchev–Trinajstić information content (AvgIpc) is 3.24. The predicted octanol–water partition coefficient (Wildman–Crippen LogP) is 2.72. The first-order chi connectivity index (χ1) is 13.2. The highest BCUT2D eigenvalue weighted by Gasteiger charge is 2.55. The average molecular weight is 392 g/mol. The standard InChI is InChI=1S/C21H33N3O4/c1-21(2,3)28-20(27)23-18(13-7-5-4-6-8-16(25)10-13)19(26)24-15(12-22)9-14-11-17(14)24/h13-18,25H,4-11H2,1-3H3,(H,23,27)/t13?,14-,15+,16?,17+,18+/m1/s1. The van der Waals surface area contributed by atoms with Crippen molar-refractivity contribution in [1.82, 2.24) is 10.2 Å². The number of likely N-dealkylation sites (tertiary alicyclic amines) is 1. The molecule has 3 fully saturated rings. The fraction of sp³-hybridized carbons (Fsp3) is 0.857. The lowest BCUT2D eigenvalue weighted by Crippen LogP contribution is -2.55. The fourth-order valence-electron chi connectivity index (χ4n) is 4.72. The Labute approximate surface area is 167 Å². The largest absolute Gasteiger partial charge is 0.444 e. The van der Waals surface area contributed by atoms with Gasteiger partial charge in [-0.2, -0.15) is 5.26 Å². The number of nitrogens with one attached hydrogen (secondary N) is 1. The molecular formula is C21H33N3O4. The van der Waals surface area contributed by atoms with Crippen LogP contribution in [0, 0.1) is 23.2 Å². The zero-order valence-electron chi connectivity index (χ0n) is 17.2. The lowest BCUT2D eigenvalue weighted by Gasteiger charge is -2.35. The molecule has 2 amide bonds. The van der Waals surface area contributed by atoms with E-state index in [0.29, 0.717) is 12.3 Å². The molecule has 2 aliphatic carbocycles. The fourth-order valence-corrected chi connectivity index (χ4v) is 4.72.